The quantitative estimate of drug-likeness (QED) is 0.450. The summed E-state index contributed by atoms with van der Waals surface area (Å²) in [7, 11) is 0. The third-order valence-electron chi connectivity index (χ3n) is 4.82. The number of rotatable bonds is 11. The number of carboxylic acids is 1. The van der Waals surface area contributed by atoms with Crippen LogP contribution in [0.5, 0.6) is 5.75 Å². The Labute approximate surface area is 180 Å². The zero-order valence-electron chi connectivity index (χ0n) is 17.1. The SMILES string of the molecule is O=C(O)CCN(Cc1cccc(Cc2ccccc2)c1)Cc1cccc(OC(F)F)c1. The molecule has 1 N–H and O–H groups in total. The molecule has 0 radical (unpaired) electrons. The van der Waals surface area contributed by atoms with Crippen molar-refractivity contribution >= 4 is 5.97 Å². The van der Waals surface area contributed by atoms with Gasteiger partial charge in [-0.3, -0.25) is 9.69 Å². The molecule has 0 bridgehead atoms. The Balaban J connectivity index is 1.72. The van der Waals surface area contributed by atoms with Crippen LogP contribution in [-0.2, 0) is 24.3 Å². The molecule has 0 heterocycles. The van der Waals surface area contributed by atoms with E-state index in [0.717, 1.165) is 17.5 Å². The van der Waals surface area contributed by atoms with Crippen molar-refractivity contribution in [1.82, 2.24) is 4.90 Å². The fourth-order valence-corrected chi connectivity index (χ4v) is 3.47. The molecule has 0 atom stereocenters. The average molecular weight is 425 g/mol. The second kappa shape index (κ2) is 11.2. The van der Waals surface area contributed by atoms with Crippen LogP contribution < -0.4 is 4.74 Å². The molecule has 3 aromatic carbocycles. The monoisotopic (exact) mass is 425 g/mol. The average Bonchev–Trinajstić information content (AvgIpc) is 2.73. The Morgan fingerprint density at radius 3 is 2.13 bits per heavy atom. The van der Waals surface area contributed by atoms with Gasteiger partial charge in [-0.25, -0.2) is 0 Å². The van der Waals surface area contributed by atoms with E-state index in [0.29, 0.717) is 19.6 Å². The van der Waals surface area contributed by atoms with Crippen LogP contribution in [0.1, 0.15) is 28.7 Å². The number of ether oxygens (including phenoxy) is 1. The minimum absolute atomic E-state index is 0.00304. The zero-order valence-corrected chi connectivity index (χ0v) is 17.1. The standard InChI is InChI=1S/C25H25F2NO3/c26-25(27)31-23-11-5-10-22(16-23)18-28(13-12-24(29)30)17-21-9-4-8-20(15-21)14-19-6-2-1-3-7-19/h1-11,15-16,25H,12-14,17-18H2,(H,29,30). The Kier molecular flexibility index (Phi) is 8.12. The second-order valence-corrected chi connectivity index (χ2v) is 7.36. The lowest BCUT2D eigenvalue weighted by atomic mass is 10.0. The third-order valence-corrected chi connectivity index (χ3v) is 4.82. The predicted octanol–water partition coefficient (Wildman–Crippen LogP) is 5.36. The molecule has 0 amide bonds. The van der Waals surface area contributed by atoms with Crippen molar-refractivity contribution in [3.8, 4) is 5.75 Å². The lowest BCUT2D eigenvalue weighted by Gasteiger charge is -2.22. The van der Waals surface area contributed by atoms with E-state index >= 15 is 0 Å². The van der Waals surface area contributed by atoms with E-state index in [-0.39, 0.29) is 12.2 Å². The molecule has 3 aromatic rings. The molecule has 0 saturated carbocycles. The van der Waals surface area contributed by atoms with Crippen molar-refractivity contribution in [3.63, 3.8) is 0 Å². The van der Waals surface area contributed by atoms with Gasteiger partial charge >= 0.3 is 12.6 Å². The van der Waals surface area contributed by atoms with Crippen LogP contribution in [0.3, 0.4) is 0 Å². The van der Waals surface area contributed by atoms with Crippen LogP contribution >= 0.6 is 0 Å². The number of nitrogens with zero attached hydrogens (tertiary/aromatic N) is 1. The molecular formula is C25H25F2NO3. The maximum atomic E-state index is 12.5. The summed E-state index contributed by atoms with van der Waals surface area (Å²) in [6.07, 6.45) is 0.813. The van der Waals surface area contributed by atoms with Crippen molar-refractivity contribution in [3.05, 3.63) is 101 Å². The molecule has 0 fully saturated rings. The molecule has 3 rings (SSSR count). The molecule has 0 spiro atoms. The van der Waals surface area contributed by atoms with Gasteiger partial charge in [0.1, 0.15) is 5.75 Å². The fraction of sp³-hybridized carbons (Fsp3) is 0.240. The number of hydrogen-bond donors (Lipinski definition) is 1. The fourth-order valence-electron chi connectivity index (χ4n) is 3.47. The van der Waals surface area contributed by atoms with Gasteiger partial charge in [0, 0.05) is 19.6 Å². The summed E-state index contributed by atoms with van der Waals surface area (Å²) in [5.74, 6) is -0.784. The summed E-state index contributed by atoms with van der Waals surface area (Å²) in [5.41, 5.74) is 4.25. The van der Waals surface area contributed by atoms with Gasteiger partial charge in [-0.2, -0.15) is 8.78 Å². The Bertz CT molecular complexity index is 979. The molecular weight excluding hydrogens is 400 g/mol. The normalized spacial score (nSPS) is 11.1. The number of carbonyl (C=O) groups is 1. The van der Waals surface area contributed by atoms with Crippen LogP contribution in [0, 0.1) is 0 Å². The van der Waals surface area contributed by atoms with E-state index in [1.165, 1.54) is 17.2 Å². The van der Waals surface area contributed by atoms with Crippen molar-refractivity contribution in [2.24, 2.45) is 0 Å². The van der Waals surface area contributed by atoms with Gasteiger partial charge in [-0.1, -0.05) is 66.7 Å². The highest BCUT2D eigenvalue weighted by Gasteiger charge is 2.12. The van der Waals surface area contributed by atoms with Crippen LogP contribution in [0.4, 0.5) is 8.78 Å². The van der Waals surface area contributed by atoms with E-state index in [9.17, 15) is 13.6 Å². The highest BCUT2D eigenvalue weighted by molar-refractivity contribution is 5.66. The second-order valence-electron chi connectivity index (χ2n) is 7.36. The molecule has 162 valence electrons. The van der Waals surface area contributed by atoms with Crippen molar-refractivity contribution < 1.29 is 23.4 Å². The lowest BCUT2D eigenvalue weighted by molar-refractivity contribution is -0.137. The van der Waals surface area contributed by atoms with Crippen LogP contribution in [-0.4, -0.2) is 29.1 Å². The van der Waals surface area contributed by atoms with Crippen LogP contribution in [0.2, 0.25) is 0 Å². The molecule has 4 nitrogen and oxygen atoms in total. The van der Waals surface area contributed by atoms with Gasteiger partial charge in [0.15, 0.2) is 0 Å². The van der Waals surface area contributed by atoms with E-state index in [1.807, 2.05) is 41.3 Å². The first-order chi connectivity index (χ1) is 15.0. The first kappa shape index (κ1) is 22.4. The molecule has 6 heteroatoms. The maximum Gasteiger partial charge on any atom is 0.387 e. The Morgan fingerprint density at radius 1 is 0.839 bits per heavy atom. The molecule has 0 aliphatic heterocycles. The van der Waals surface area contributed by atoms with Crippen molar-refractivity contribution in [2.75, 3.05) is 6.54 Å². The van der Waals surface area contributed by atoms with E-state index < -0.39 is 12.6 Å². The van der Waals surface area contributed by atoms with E-state index in [1.54, 1.807) is 12.1 Å². The first-order valence-corrected chi connectivity index (χ1v) is 10.1. The Morgan fingerprint density at radius 2 is 1.45 bits per heavy atom. The van der Waals surface area contributed by atoms with Crippen molar-refractivity contribution in [1.29, 1.82) is 0 Å². The van der Waals surface area contributed by atoms with Crippen LogP contribution in [0.15, 0.2) is 78.9 Å². The van der Waals surface area contributed by atoms with E-state index in [2.05, 4.69) is 29.0 Å². The number of benzene rings is 3. The molecule has 31 heavy (non-hydrogen) atoms. The lowest BCUT2D eigenvalue weighted by Crippen LogP contribution is -2.25. The smallest absolute Gasteiger partial charge is 0.387 e. The topological polar surface area (TPSA) is 49.8 Å². The molecule has 0 aliphatic rings. The molecule has 0 aliphatic carbocycles. The van der Waals surface area contributed by atoms with Gasteiger partial charge < -0.3 is 9.84 Å². The van der Waals surface area contributed by atoms with Gasteiger partial charge in [0.05, 0.1) is 6.42 Å². The highest BCUT2D eigenvalue weighted by Crippen LogP contribution is 2.19. The molecule has 0 unspecified atom stereocenters. The van der Waals surface area contributed by atoms with Gasteiger partial charge in [0.25, 0.3) is 0 Å². The number of hydrogen-bond acceptors (Lipinski definition) is 3. The Hall–Kier alpha value is -3.25. The maximum absolute atomic E-state index is 12.5. The number of alkyl halides is 2. The first-order valence-electron chi connectivity index (χ1n) is 10.1. The zero-order chi connectivity index (χ0) is 22.1. The largest absolute Gasteiger partial charge is 0.481 e. The molecule has 0 saturated heterocycles. The minimum atomic E-state index is -2.88. The third kappa shape index (κ3) is 7.83. The van der Waals surface area contributed by atoms with Gasteiger partial charge in [0.2, 0.25) is 0 Å². The summed E-state index contributed by atoms with van der Waals surface area (Å²) in [4.78, 5) is 13.1. The highest BCUT2D eigenvalue weighted by atomic mass is 19.3. The number of aliphatic carboxylic acids is 1. The summed E-state index contributed by atoms with van der Waals surface area (Å²) in [5, 5.41) is 9.12. The molecule has 0 aromatic heterocycles. The van der Waals surface area contributed by atoms with E-state index in [4.69, 9.17) is 5.11 Å². The number of carboxylic acid groups (broad SMARTS) is 1. The summed E-state index contributed by atoms with van der Waals surface area (Å²) >= 11 is 0. The summed E-state index contributed by atoms with van der Waals surface area (Å²) < 4.78 is 29.5. The summed E-state index contributed by atoms with van der Waals surface area (Å²) in [6, 6.07) is 24.9. The number of halogens is 2. The minimum Gasteiger partial charge on any atom is -0.481 e. The predicted molar refractivity (Wildman–Crippen MR) is 115 cm³/mol. The van der Waals surface area contributed by atoms with Gasteiger partial charge in [-0.05, 0) is 40.8 Å². The van der Waals surface area contributed by atoms with Crippen LogP contribution in [0.25, 0.3) is 0 Å². The van der Waals surface area contributed by atoms with Gasteiger partial charge in [-0.15, -0.1) is 0 Å². The summed E-state index contributed by atoms with van der Waals surface area (Å²) in [6.45, 7) is -1.56. The van der Waals surface area contributed by atoms with Crippen molar-refractivity contribution in [2.45, 2.75) is 32.5 Å².